The maximum absolute atomic E-state index is 13.7. The maximum atomic E-state index is 13.7. The SMILES string of the molecule is CCCN(CC(=O)N1c2ccccc2CCc2ccccc21)Cc1nnc(-c2ccco2)o1. The number of nitrogens with zero attached hydrogens (tertiary/aromatic N) is 4. The van der Waals surface area contributed by atoms with Crippen LogP contribution in [-0.2, 0) is 24.2 Å². The van der Waals surface area contributed by atoms with E-state index in [9.17, 15) is 4.79 Å². The first-order valence-electron chi connectivity index (χ1n) is 11.3. The number of fused-ring (bicyclic) bond motifs is 2. The number of anilines is 2. The van der Waals surface area contributed by atoms with E-state index in [1.165, 1.54) is 11.1 Å². The van der Waals surface area contributed by atoms with Crippen LogP contribution in [0.1, 0.15) is 30.4 Å². The largest absolute Gasteiger partial charge is 0.459 e. The highest BCUT2D eigenvalue weighted by atomic mass is 16.4. The van der Waals surface area contributed by atoms with Gasteiger partial charge in [-0.15, -0.1) is 10.2 Å². The fraction of sp³-hybridized carbons (Fsp3) is 0.269. The molecular weight excluding hydrogens is 416 g/mol. The second-order valence-corrected chi connectivity index (χ2v) is 8.18. The lowest BCUT2D eigenvalue weighted by atomic mass is 10.0. The molecule has 168 valence electrons. The zero-order valence-corrected chi connectivity index (χ0v) is 18.6. The van der Waals surface area contributed by atoms with Crippen molar-refractivity contribution >= 4 is 17.3 Å². The number of hydrogen-bond acceptors (Lipinski definition) is 6. The van der Waals surface area contributed by atoms with E-state index in [-0.39, 0.29) is 12.5 Å². The average Bonchev–Trinajstić information content (AvgIpc) is 3.49. The fourth-order valence-electron chi connectivity index (χ4n) is 4.35. The zero-order valence-electron chi connectivity index (χ0n) is 18.6. The molecule has 5 rings (SSSR count). The van der Waals surface area contributed by atoms with E-state index in [1.807, 2.05) is 41.3 Å². The minimum absolute atomic E-state index is 0.0241. The van der Waals surface area contributed by atoms with Crippen molar-refractivity contribution in [2.75, 3.05) is 18.0 Å². The standard InChI is InChI=1S/C26H26N4O3/c1-2-15-29(17-24-27-28-26(33-24)23-12-7-16-32-23)18-25(31)30-21-10-5-3-8-19(21)13-14-20-9-4-6-11-22(20)30/h3-12,16H,2,13-15,17-18H2,1H3. The van der Waals surface area contributed by atoms with E-state index >= 15 is 0 Å². The number of aryl methyl sites for hydroxylation is 2. The molecule has 0 atom stereocenters. The second-order valence-electron chi connectivity index (χ2n) is 8.18. The highest BCUT2D eigenvalue weighted by Gasteiger charge is 2.27. The Morgan fingerprint density at radius 3 is 2.30 bits per heavy atom. The maximum Gasteiger partial charge on any atom is 0.283 e. The van der Waals surface area contributed by atoms with E-state index in [4.69, 9.17) is 8.83 Å². The van der Waals surface area contributed by atoms with Crippen molar-refractivity contribution < 1.29 is 13.6 Å². The Morgan fingerprint density at radius 1 is 0.970 bits per heavy atom. The Labute approximate surface area is 192 Å². The van der Waals surface area contributed by atoms with Gasteiger partial charge in [-0.1, -0.05) is 43.3 Å². The molecule has 7 nitrogen and oxygen atoms in total. The molecule has 0 aliphatic carbocycles. The topological polar surface area (TPSA) is 75.6 Å². The van der Waals surface area contributed by atoms with Gasteiger partial charge in [-0.05, 0) is 61.2 Å². The molecule has 2 aromatic heterocycles. The number of furan rings is 1. The summed E-state index contributed by atoms with van der Waals surface area (Å²) in [6.07, 6.45) is 4.29. The molecule has 1 amide bonds. The van der Waals surface area contributed by atoms with Crippen molar-refractivity contribution in [1.29, 1.82) is 0 Å². The average molecular weight is 443 g/mol. The smallest absolute Gasteiger partial charge is 0.283 e. The van der Waals surface area contributed by atoms with Crippen molar-refractivity contribution in [3.05, 3.63) is 83.9 Å². The highest BCUT2D eigenvalue weighted by molar-refractivity contribution is 6.03. The normalized spacial score (nSPS) is 13.0. The first-order chi connectivity index (χ1) is 16.2. The third kappa shape index (κ3) is 4.45. The Balaban J connectivity index is 1.40. The molecule has 0 saturated heterocycles. The summed E-state index contributed by atoms with van der Waals surface area (Å²) in [6, 6.07) is 19.9. The minimum atomic E-state index is 0.0241. The zero-order chi connectivity index (χ0) is 22.6. The van der Waals surface area contributed by atoms with E-state index < -0.39 is 0 Å². The molecule has 7 heteroatoms. The van der Waals surface area contributed by atoms with Crippen molar-refractivity contribution in [3.8, 4) is 11.7 Å². The van der Waals surface area contributed by atoms with E-state index in [1.54, 1.807) is 18.4 Å². The van der Waals surface area contributed by atoms with Crippen LogP contribution in [0.25, 0.3) is 11.7 Å². The van der Waals surface area contributed by atoms with Crippen LogP contribution in [0.4, 0.5) is 11.4 Å². The minimum Gasteiger partial charge on any atom is -0.459 e. The third-order valence-corrected chi connectivity index (χ3v) is 5.83. The van der Waals surface area contributed by atoms with Gasteiger partial charge in [0.2, 0.25) is 11.8 Å². The Bertz CT molecular complexity index is 1180. The number of amides is 1. The molecule has 33 heavy (non-hydrogen) atoms. The van der Waals surface area contributed by atoms with E-state index in [0.717, 1.165) is 37.2 Å². The molecule has 3 heterocycles. The highest BCUT2D eigenvalue weighted by Crippen LogP contribution is 2.36. The summed E-state index contributed by atoms with van der Waals surface area (Å²) in [4.78, 5) is 17.7. The van der Waals surface area contributed by atoms with Gasteiger partial charge in [0.25, 0.3) is 5.89 Å². The molecule has 0 N–H and O–H groups in total. The second kappa shape index (κ2) is 9.42. The predicted molar refractivity (Wildman–Crippen MR) is 125 cm³/mol. The number of benzene rings is 2. The fourth-order valence-corrected chi connectivity index (χ4v) is 4.35. The molecule has 0 spiro atoms. The number of aromatic nitrogens is 2. The Hall–Kier alpha value is -3.71. The molecule has 2 aromatic carbocycles. The lowest BCUT2D eigenvalue weighted by molar-refractivity contribution is -0.119. The van der Waals surface area contributed by atoms with Gasteiger partial charge >= 0.3 is 0 Å². The van der Waals surface area contributed by atoms with Crippen molar-refractivity contribution in [1.82, 2.24) is 15.1 Å². The van der Waals surface area contributed by atoms with Crippen LogP contribution in [0.5, 0.6) is 0 Å². The summed E-state index contributed by atoms with van der Waals surface area (Å²) in [6.45, 7) is 3.47. The number of carbonyl (C=O) groups excluding carboxylic acids is 1. The molecule has 1 aliphatic rings. The summed E-state index contributed by atoms with van der Waals surface area (Å²) in [7, 11) is 0. The van der Waals surface area contributed by atoms with E-state index in [2.05, 4.69) is 34.2 Å². The van der Waals surface area contributed by atoms with Crippen LogP contribution in [0, 0.1) is 0 Å². The van der Waals surface area contributed by atoms with Crippen molar-refractivity contribution in [2.45, 2.75) is 32.7 Å². The summed E-state index contributed by atoms with van der Waals surface area (Å²) >= 11 is 0. The quantitative estimate of drug-likeness (QED) is 0.401. The van der Waals surface area contributed by atoms with Gasteiger partial charge in [-0.3, -0.25) is 14.6 Å². The van der Waals surface area contributed by atoms with Crippen LogP contribution in [-0.4, -0.2) is 34.1 Å². The van der Waals surface area contributed by atoms with Crippen molar-refractivity contribution in [2.24, 2.45) is 0 Å². The van der Waals surface area contributed by atoms with Gasteiger partial charge in [0.15, 0.2) is 5.76 Å². The number of para-hydroxylation sites is 2. The molecule has 0 radical (unpaired) electrons. The number of rotatable bonds is 7. The van der Waals surface area contributed by atoms with Crippen LogP contribution in [0.3, 0.4) is 0 Å². The summed E-state index contributed by atoms with van der Waals surface area (Å²) < 4.78 is 11.1. The number of hydrogen-bond donors (Lipinski definition) is 0. The van der Waals surface area contributed by atoms with Gasteiger partial charge in [0.1, 0.15) is 0 Å². The van der Waals surface area contributed by atoms with Gasteiger partial charge in [-0.2, -0.15) is 0 Å². The van der Waals surface area contributed by atoms with Crippen LogP contribution in [0.15, 0.2) is 75.8 Å². The van der Waals surface area contributed by atoms with Crippen molar-refractivity contribution in [3.63, 3.8) is 0 Å². The molecule has 4 aromatic rings. The molecule has 0 saturated carbocycles. The first-order valence-corrected chi connectivity index (χ1v) is 11.3. The summed E-state index contributed by atoms with van der Waals surface area (Å²) in [5.74, 6) is 1.35. The summed E-state index contributed by atoms with van der Waals surface area (Å²) in [5.41, 5.74) is 4.29. The molecule has 0 unspecified atom stereocenters. The molecule has 1 aliphatic heterocycles. The predicted octanol–water partition coefficient (Wildman–Crippen LogP) is 5.01. The van der Waals surface area contributed by atoms with Gasteiger partial charge < -0.3 is 8.83 Å². The van der Waals surface area contributed by atoms with Crippen LogP contribution >= 0.6 is 0 Å². The third-order valence-electron chi connectivity index (χ3n) is 5.83. The molecule has 0 fully saturated rings. The first kappa shape index (κ1) is 21.2. The van der Waals surface area contributed by atoms with Gasteiger partial charge in [-0.25, -0.2) is 0 Å². The van der Waals surface area contributed by atoms with Crippen LogP contribution in [0.2, 0.25) is 0 Å². The molecular formula is C26H26N4O3. The monoisotopic (exact) mass is 442 g/mol. The van der Waals surface area contributed by atoms with E-state index in [0.29, 0.717) is 24.1 Å². The Morgan fingerprint density at radius 2 is 1.67 bits per heavy atom. The van der Waals surface area contributed by atoms with Gasteiger partial charge in [0, 0.05) is 0 Å². The summed E-state index contributed by atoms with van der Waals surface area (Å²) in [5, 5.41) is 8.24. The van der Waals surface area contributed by atoms with Crippen LogP contribution < -0.4 is 4.90 Å². The number of carbonyl (C=O) groups is 1. The molecule has 0 bridgehead atoms. The lowest BCUT2D eigenvalue weighted by Crippen LogP contribution is -2.38. The Kier molecular flexibility index (Phi) is 6.04. The van der Waals surface area contributed by atoms with Gasteiger partial charge in [0.05, 0.1) is 30.7 Å². The lowest BCUT2D eigenvalue weighted by Gasteiger charge is -2.28.